The minimum absolute atomic E-state index is 0.0253. The number of aromatic nitrogens is 2. The number of aliphatic hydroxyl groups is 1. The van der Waals surface area contributed by atoms with Crippen molar-refractivity contribution in [1.82, 2.24) is 14.9 Å². The van der Waals surface area contributed by atoms with E-state index in [1.54, 1.807) is 13.3 Å². The number of benzene rings is 1. The third kappa shape index (κ3) is 6.26. The Morgan fingerprint density at radius 2 is 1.91 bits per heavy atom. The van der Waals surface area contributed by atoms with Gasteiger partial charge >= 0.3 is 0 Å². The number of ether oxygens (including phenoxy) is 1. The number of hydrogen-bond donors (Lipinski definition) is 1. The van der Waals surface area contributed by atoms with Crippen LogP contribution in [0.25, 0.3) is 10.9 Å². The van der Waals surface area contributed by atoms with Gasteiger partial charge in [0.05, 0.1) is 17.6 Å². The molecule has 182 valence electrons. The predicted molar refractivity (Wildman–Crippen MR) is 139 cm³/mol. The zero-order chi connectivity index (χ0) is 23.8. The van der Waals surface area contributed by atoms with E-state index >= 15 is 0 Å². The van der Waals surface area contributed by atoms with Gasteiger partial charge in [-0.3, -0.25) is 9.97 Å². The number of halogens is 1. The lowest BCUT2D eigenvalue weighted by atomic mass is 9.75. The molecule has 0 saturated carbocycles. The normalized spacial score (nSPS) is 16.1. The molecular formula is C28H36ClN3O2. The number of piperidine rings is 1. The van der Waals surface area contributed by atoms with Crippen molar-refractivity contribution in [3.05, 3.63) is 65.1 Å². The second-order valence-corrected chi connectivity index (χ2v) is 10.0. The van der Waals surface area contributed by atoms with Crippen LogP contribution >= 0.6 is 11.6 Å². The highest BCUT2D eigenvalue weighted by Crippen LogP contribution is 2.37. The van der Waals surface area contributed by atoms with Gasteiger partial charge in [0, 0.05) is 30.1 Å². The Kier molecular flexibility index (Phi) is 8.76. The van der Waals surface area contributed by atoms with Crippen molar-refractivity contribution in [2.45, 2.75) is 51.4 Å². The van der Waals surface area contributed by atoms with E-state index in [0.29, 0.717) is 5.02 Å². The largest absolute Gasteiger partial charge is 0.497 e. The number of fused-ring (bicyclic) bond motifs is 1. The van der Waals surface area contributed by atoms with Crippen LogP contribution in [-0.2, 0) is 12.8 Å². The fraction of sp³-hybridized carbons (Fsp3) is 0.500. The molecule has 1 saturated heterocycles. The van der Waals surface area contributed by atoms with Gasteiger partial charge in [0.1, 0.15) is 5.75 Å². The molecule has 0 radical (unpaired) electrons. The number of rotatable bonds is 11. The second kappa shape index (κ2) is 12.0. The molecule has 6 heteroatoms. The number of pyridine rings is 2. The summed E-state index contributed by atoms with van der Waals surface area (Å²) in [5, 5.41) is 12.1. The zero-order valence-electron chi connectivity index (χ0n) is 20.2. The van der Waals surface area contributed by atoms with Crippen LogP contribution in [0.15, 0.2) is 48.8 Å². The van der Waals surface area contributed by atoms with Gasteiger partial charge in [-0.25, -0.2) is 0 Å². The van der Waals surface area contributed by atoms with Crippen LogP contribution in [-0.4, -0.2) is 53.3 Å². The van der Waals surface area contributed by atoms with Crippen molar-refractivity contribution in [3.8, 4) is 5.75 Å². The molecule has 0 unspecified atom stereocenters. The molecule has 0 amide bonds. The summed E-state index contributed by atoms with van der Waals surface area (Å²) in [6.45, 7) is 3.54. The molecule has 1 aliphatic heterocycles. The van der Waals surface area contributed by atoms with Crippen LogP contribution in [0.1, 0.15) is 49.8 Å². The maximum absolute atomic E-state index is 10.3. The van der Waals surface area contributed by atoms with E-state index in [0.717, 1.165) is 80.4 Å². The second-order valence-electron chi connectivity index (χ2n) is 9.60. The Bertz CT molecular complexity index is 1050. The molecule has 2 aromatic heterocycles. The first-order valence-corrected chi connectivity index (χ1v) is 12.8. The highest BCUT2D eigenvalue weighted by atomic mass is 35.5. The quantitative estimate of drug-likeness (QED) is 0.355. The highest BCUT2D eigenvalue weighted by molar-refractivity contribution is 6.32. The Hall–Kier alpha value is -2.21. The summed E-state index contributed by atoms with van der Waals surface area (Å²) in [6.07, 6.45) is 12.0. The molecule has 1 fully saturated rings. The van der Waals surface area contributed by atoms with Gasteiger partial charge in [0.2, 0.25) is 0 Å². The molecule has 0 aliphatic carbocycles. The van der Waals surface area contributed by atoms with Gasteiger partial charge in [0.25, 0.3) is 0 Å². The van der Waals surface area contributed by atoms with E-state index in [2.05, 4.69) is 27.0 Å². The average molecular weight is 482 g/mol. The number of unbranched alkanes of at least 4 members (excludes halogenated alkanes) is 1. The van der Waals surface area contributed by atoms with E-state index < -0.39 is 0 Å². The molecular weight excluding hydrogens is 446 g/mol. The first-order valence-electron chi connectivity index (χ1n) is 12.5. The van der Waals surface area contributed by atoms with E-state index in [1.807, 2.05) is 30.5 Å². The summed E-state index contributed by atoms with van der Waals surface area (Å²) in [4.78, 5) is 11.4. The lowest BCUT2D eigenvalue weighted by Gasteiger charge is -2.41. The number of aryl methyl sites for hydroxylation is 2. The summed E-state index contributed by atoms with van der Waals surface area (Å²) in [5.41, 5.74) is 3.27. The summed E-state index contributed by atoms with van der Waals surface area (Å²) < 4.78 is 5.41. The Morgan fingerprint density at radius 3 is 2.65 bits per heavy atom. The van der Waals surface area contributed by atoms with Gasteiger partial charge in [0.15, 0.2) is 0 Å². The van der Waals surface area contributed by atoms with Crippen molar-refractivity contribution < 1.29 is 9.84 Å². The number of hydrogen-bond acceptors (Lipinski definition) is 5. The minimum atomic E-state index is 0.0253. The van der Waals surface area contributed by atoms with Crippen LogP contribution < -0.4 is 4.74 Å². The summed E-state index contributed by atoms with van der Waals surface area (Å²) in [6, 6.07) is 12.1. The molecule has 3 aromatic rings. The van der Waals surface area contributed by atoms with Crippen LogP contribution in [0.5, 0.6) is 5.75 Å². The highest BCUT2D eigenvalue weighted by Gasteiger charge is 2.33. The van der Waals surface area contributed by atoms with Crippen LogP contribution in [0, 0.1) is 5.41 Å². The third-order valence-corrected chi connectivity index (χ3v) is 7.73. The van der Waals surface area contributed by atoms with E-state index in [-0.39, 0.29) is 12.0 Å². The molecule has 1 aliphatic rings. The van der Waals surface area contributed by atoms with Crippen molar-refractivity contribution in [1.29, 1.82) is 0 Å². The van der Waals surface area contributed by atoms with Crippen molar-refractivity contribution in [2.75, 3.05) is 33.4 Å². The van der Waals surface area contributed by atoms with E-state index in [4.69, 9.17) is 16.3 Å². The first-order chi connectivity index (χ1) is 16.6. The fourth-order valence-electron chi connectivity index (χ4n) is 5.15. The van der Waals surface area contributed by atoms with Gasteiger partial charge in [-0.05, 0) is 112 Å². The lowest BCUT2D eigenvalue weighted by Crippen LogP contribution is -2.42. The zero-order valence-corrected chi connectivity index (χ0v) is 20.9. The minimum Gasteiger partial charge on any atom is -0.497 e. The Morgan fingerprint density at radius 1 is 1.06 bits per heavy atom. The predicted octanol–water partition coefficient (Wildman–Crippen LogP) is 5.71. The summed E-state index contributed by atoms with van der Waals surface area (Å²) >= 11 is 6.54. The van der Waals surface area contributed by atoms with E-state index in [9.17, 15) is 5.11 Å². The lowest BCUT2D eigenvalue weighted by molar-refractivity contribution is 0.0352. The average Bonchev–Trinajstić information content (AvgIpc) is 2.89. The van der Waals surface area contributed by atoms with E-state index in [1.165, 1.54) is 18.5 Å². The van der Waals surface area contributed by atoms with Gasteiger partial charge < -0.3 is 14.7 Å². The number of methoxy groups -OCH3 is 1. The number of nitrogens with zero attached hydrogens (tertiary/aromatic N) is 3. The maximum atomic E-state index is 10.3. The van der Waals surface area contributed by atoms with Gasteiger partial charge in [-0.15, -0.1) is 0 Å². The number of likely N-dealkylation sites (tertiary alicyclic amines) is 1. The van der Waals surface area contributed by atoms with Crippen LogP contribution in [0.2, 0.25) is 5.02 Å². The summed E-state index contributed by atoms with van der Waals surface area (Å²) in [7, 11) is 1.68. The topological polar surface area (TPSA) is 58.5 Å². The van der Waals surface area contributed by atoms with Crippen LogP contribution in [0.3, 0.4) is 0 Å². The van der Waals surface area contributed by atoms with Crippen molar-refractivity contribution >= 4 is 22.5 Å². The number of aliphatic hydroxyl groups excluding tert-OH is 1. The fourth-order valence-corrected chi connectivity index (χ4v) is 5.39. The maximum Gasteiger partial charge on any atom is 0.119 e. The summed E-state index contributed by atoms with van der Waals surface area (Å²) in [5.74, 6) is 0.817. The standard InChI is InChI=1S/C28H36ClN3O2/c1-34-23-10-11-27-25(19-23)24(26(29)20-31-27)9-6-12-28(21-33)13-17-32(18-14-28)16-5-3-8-22-7-2-4-15-30-22/h2,4,7,10-11,15,19-20,33H,3,5-6,8-9,12-14,16-18,21H2,1H3. The van der Waals surface area contributed by atoms with Gasteiger partial charge in [-0.2, -0.15) is 0 Å². The Labute approximate surface area is 208 Å². The molecule has 5 nitrogen and oxygen atoms in total. The molecule has 34 heavy (non-hydrogen) atoms. The molecule has 0 spiro atoms. The molecule has 1 aromatic carbocycles. The van der Waals surface area contributed by atoms with Gasteiger partial charge in [-0.1, -0.05) is 17.7 Å². The molecule has 0 atom stereocenters. The van der Waals surface area contributed by atoms with Crippen molar-refractivity contribution in [2.24, 2.45) is 5.41 Å². The first kappa shape index (κ1) is 24.9. The SMILES string of the molecule is COc1ccc2ncc(Cl)c(CCCC3(CO)CCN(CCCCc4ccccn4)CC3)c2c1. The molecule has 4 rings (SSSR count). The monoisotopic (exact) mass is 481 g/mol. The molecule has 3 heterocycles. The smallest absolute Gasteiger partial charge is 0.119 e. The molecule has 0 bridgehead atoms. The van der Waals surface area contributed by atoms with Crippen molar-refractivity contribution in [3.63, 3.8) is 0 Å². The Balaban J connectivity index is 1.26. The van der Waals surface area contributed by atoms with Crippen LogP contribution in [0.4, 0.5) is 0 Å². The third-order valence-electron chi connectivity index (χ3n) is 7.40. The molecule has 1 N–H and O–H groups in total.